The van der Waals surface area contributed by atoms with Crippen LogP contribution >= 0.6 is 0 Å². The quantitative estimate of drug-likeness (QED) is 0.413. The van der Waals surface area contributed by atoms with Gasteiger partial charge in [-0.1, -0.05) is 18.7 Å². The van der Waals surface area contributed by atoms with Crippen molar-refractivity contribution in [3.63, 3.8) is 0 Å². The van der Waals surface area contributed by atoms with Crippen molar-refractivity contribution in [3.05, 3.63) is 47.0 Å². The SMILES string of the molecule is C=C(C)C(=O)OC(C)(O)Cc1cccc(C(=O)O)c1C(=O)O. The molecule has 1 aromatic rings. The number of hydrogen-bond donors (Lipinski definition) is 3. The Balaban J connectivity index is 3.20. The summed E-state index contributed by atoms with van der Waals surface area (Å²) >= 11 is 0. The third-order valence-electron chi connectivity index (χ3n) is 2.77. The Morgan fingerprint density at radius 3 is 2.27 bits per heavy atom. The molecule has 1 rings (SSSR count). The lowest BCUT2D eigenvalue weighted by molar-refractivity contribution is -0.196. The number of benzene rings is 1. The Hall–Kier alpha value is -2.67. The van der Waals surface area contributed by atoms with Crippen LogP contribution in [0.1, 0.15) is 40.1 Å². The fourth-order valence-electron chi connectivity index (χ4n) is 1.85. The van der Waals surface area contributed by atoms with Gasteiger partial charge >= 0.3 is 17.9 Å². The molecule has 0 saturated heterocycles. The highest BCUT2D eigenvalue weighted by Gasteiger charge is 2.30. The maximum atomic E-state index is 11.5. The largest absolute Gasteiger partial charge is 0.478 e. The van der Waals surface area contributed by atoms with E-state index in [1.165, 1.54) is 26.0 Å². The Bertz CT molecular complexity index is 643. The minimum absolute atomic E-state index is 0.0342. The van der Waals surface area contributed by atoms with E-state index in [2.05, 4.69) is 6.58 Å². The molecule has 7 heteroatoms. The van der Waals surface area contributed by atoms with E-state index in [-0.39, 0.29) is 17.6 Å². The van der Waals surface area contributed by atoms with Crippen molar-refractivity contribution in [3.8, 4) is 0 Å². The van der Waals surface area contributed by atoms with Gasteiger partial charge < -0.3 is 20.1 Å². The molecule has 22 heavy (non-hydrogen) atoms. The molecule has 1 aromatic carbocycles. The Morgan fingerprint density at radius 2 is 1.82 bits per heavy atom. The second kappa shape index (κ2) is 6.40. The third kappa shape index (κ3) is 4.16. The van der Waals surface area contributed by atoms with Crippen LogP contribution in [0.5, 0.6) is 0 Å². The molecule has 0 aliphatic carbocycles. The van der Waals surface area contributed by atoms with Gasteiger partial charge in [0, 0.05) is 18.9 Å². The van der Waals surface area contributed by atoms with E-state index in [4.69, 9.17) is 9.84 Å². The molecule has 0 radical (unpaired) electrons. The van der Waals surface area contributed by atoms with Crippen LogP contribution < -0.4 is 0 Å². The number of aromatic carboxylic acids is 2. The highest BCUT2D eigenvalue weighted by molar-refractivity contribution is 6.02. The van der Waals surface area contributed by atoms with E-state index in [1.54, 1.807) is 0 Å². The standard InChI is InChI=1S/C15H16O7/c1-8(2)14(20)22-15(3,21)7-9-5-4-6-10(12(16)17)11(9)13(18)19/h4-6,21H,1,7H2,2-3H3,(H,16,17)(H,18,19). The van der Waals surface area contributed by atoms with Crippen molar-refractivity contribution in [1.29, 1.82) is 0 Å². The predicted molar refractivity (Wildman–Crippen MR) is 75.6 cm³/mol. The number of esters is 1. The fourth-order valence-corrected chi connectivity index (χ4v) is 1.85. The van der Waals surface area contributed by atoms with E-state index in [0.717, 1.165) is 6.07 Å². The van der Waals surface area contributed by atoms with Gasteiger partial charge in [-0.25, -0.2) is 14.4 Å². The summed E-state index contributed by atoms with van der Waals surface area (Å²) in [7, 11) is 0. The van der Waals surface area contributed by atoms with Gasteiger partial charge in [-0.15, -0.1) is 0 Å². The molecule has 1 unspecified atom stereocenters. The summed E-state index contributed by atoms with van der Waals surface area (Å²) in [4.78, 5) is 33.8. The molecule has 3 N–H and O–H groups in total. The molecular weight excluding hydrogens is 292 g/mol. The summed E-state index contributed by atoms with van der Waals surface area (Å²) < 4.78 is 4.82. The van der Waals surface area contributed by atoms with Gasteiger partial charge in [0.2, 0.25) is 5.79 Å². The molecule has 0 heterocycles. The van der Waals surface area contributed by atoms with Gasteiger partial charge in [0.1, 0.15) is 0 Å². The van der Waals surface area contributed by atoms with Gasteiger partial charge in [0.05, 0.1) is 11.1 Å². The molecule has 118 valence electrons. The van der Waals surface area contributed by atoms with Gasteiger partial charge in [-0.05, 0) is 18.6 Å². The second-order valence-corrected chi connectivity index (χ2v) is 4.97. The van der Waals surface area contributed by atoms with Crippen molar-refractivity contribution < 1.29 is 34.4 Å². The predicted octanol–water partition coefficient (Wildman–Crippen LogP) is 1.45. The first-order valence-corrected chi connectivity index (χ1v) is 6.25. The van der Waals surface area contributed by atoms with Gasteiger partial charge in [0.15, 0.2) is 0 Å². The average molecular weight is 308 g/mol. The summed E-state index contributed by atoms with van der Waals surface area (Å²) in [5.74, 6) is -5.69. The van der Waals surface area contributed by atoms with E-state index in [9.17, 15) is 24.6 Å². The van der Waals surface area contributed by atoms with Crippen LogP contribution in [-0.4, -0.2) is 39.0 Å². The monoisotopic (exact) mass is 308 g/mol. The molecule has 0 bridgehead atoms. The van der Waals surface area contributed by atoms with E-state index in [1.807, 2.05) is 0 Å². The number of ether oxygens (including phenoxy) is 1. The maximum absolute atomic E-state index is 11.5. The molecule has 0 aliphatic heterocycles. The minimum atomic E-state index is -2.00. The van der Waals surface area contributed by atoms with Crippen molar-refractivity contribution >= 4 is 17.9 Å². The van der Waals surface area contributed by atoms with Crippen molar-refractivity contribution in [2.24, 2.45) is 0 Å². The van der Waals surface area contributed by atoms with E-state index >= 15 is 0 Å². The van der Waals surface area contributed by atoms with Crippen molar-refractivity contribution in [1.82, 2.24) is 0 Å². The molecule has 7 nitrogen and oxygen atoms in total. The topological polar surface area (TPSA) is 121 Å². The van der Waals surface area contributed by atoms with Crippen LogP contribution in [0.4, 0.5) is 0 Å². The zero-order valence-corrected chi connectivity index (χ0v) is 12.1. The minimum Gasteiger partial charge on any atom is -0.478 e. The first-order chi connectivity index (χ1) is 10.0. The number of carbonyl (C=O) groups excluding carboxylic acids is 1. The van der Waals surface area contributed by atoms with Gasteiger partial charge in [0.25, 0.3) is 0 Å². The number of rotatable bonds is 6. The molecule has 0 saturated carbocycles. The Labute approximate surface area is 126 Å². The summed E-state index contributed by atoms with van der Waals surface area (Å²) in [5, 5.41) is 28.3. The molecular formula is C15H16O7. The summed E-state index contributed by atoms with van der Waals surface area (Å²) in [6, 6.07) is 3.84. The van der Waals surface area contributed by atoms with Crippen LogP contribution in [0, 0.1) is 0 Å². The molecule has 0 aliphatic rings. The lowest BCUT2D eigenvalue weighted by Gasteiger charge is -2.24. The number of aliphatic hydroxyl groups is 1. The first-order valence-electron chi connectivity index (χ1n) is 6.25. The lowest BCUT2D eigenvalue weighted by Crippen LogP contribution is -2.34. The van der Waals surface area contributed by atoms with Crippen LogP contribution in [0.15, 0.2) is 30.4 Å². The first kappa shape index (κ1) is 17.4. The highest BCUT2D eigenvalue weighted by Crippen LogP contribution is 2.22. The summed E-state index contributed by atoms with van der Waals surface area (Å²) in [6.45, 7) is 5.94. The fraction of sp³-hybridized carbons (Fsp3) is 0.267. The number of carbonyl (C=O) groups is 3. The third-order valence-corrected chi connectivity index (χ3v) is 2.77. The maximum Gasteiger partial charge on any atom is 0.336 e. The molecule has 1 atom stereocenters. The Kier molecular flexibility index (Phi) is 5.06. The van der Waals surface area contributed by atoms with Gasteiger partial charge in [-0.2, -0.15) is 0 Å². The normalized spacial score (nSPS) is 13.0. The zero-order chi connectivity index (χ0) is 17.1. The smallest absolute Gasteiger partial charge is 0.336 e. The van der Waals surface area contributed by atoms with Crippen molar-refractivity contribution in [2.45, 2.75) is 26.1 Å². The highest BCUT2D eigenvalue weighted by atomic mass is 16.7. The zero-order valence-electron chi connectivity index (χ0n) is 12.1. The molecule has 0 amide bonds. The summed E-state index contributed by atoms with van der Waals surface area (Å²) in [5.41, 5.74) is -0.765. The van der Waals surface area contributed by atoms with E-state index < -0.39 is 34.8 Å². The Morgan fingerprint density at radius 1 is 1.23 bits per heavy atom. The van der Waals surface area contributed by atoms with Crippen LogP contribution in [0.25, 0.3) is 0 Å². The van der Waals surface area contributed by atoms with Crippen LogP contribution in [-0.2, 0) is 16.0 Å². The lowest BCUT2D eigenvalue weighted by atomic mass is 9.96. The second-order valence-electron chi connectivity index (χ2n) is 4.97. The molecule has 0 aromatic heterocycles. The number of carboxylic acid groups (broad SMARTS) is 2. The van der Waals surface area contributed by atoms with Crippen molar-refractivity contribution in [2.75, 3.05) is 0 Å². The summed E-state index contributed by atoms with van der Waals surface area (Å²) in [6.07, 6.45) is -0.380. The average Bonchev–Trinajstić information content (AvgIpc) is 2.36. The van der Waals surface area contributed by atoms with E-state index in [0.29, 0.717) is 0 Å². The number of hydrogen-bond acceptors (Lipinski definition) is 5. The molecule has 0 fully saturated rings. The van der Waals surface area contributed by atoms with Crippen LogP contribution in [0.3, 0.4) is 0 Å². The number of carboxylic acids is 2. The van der Waals surface area contributed by atoms with Gasteiger partial charge in [-0.3, -0.25) is 0 Å². The molecule has 0 spiro atoms. The van der Waals surface area contributed by atoms with Crippen LogP contribution in [0.2, 0.25) is 0 Å².